The number of aryl methyl sites for hydroxylation is 1. The van der Waals surface area contributed by atoms with Gasteiger partial charge in [-0.05, 0) is 13.0 Å². The molecule has 0 spiro atoms. The van der Waals surface area contributed by atoms with Gasteiger partial charge in [-0.1, -0.05) is 0 Å². The zero-order valence-corrected chi connectivity index (χ0v) is 7.78. The number of aromatic nitrogens is 2. The highest BCUT2D eigenvalue weighted by Crippen LogP contribution is 1.86. The Bertz CT molecular complexity index is 416. The van der Waals surface area contributed by atoms with E-state index < -0.39 is 0 Å². The number of rotatable bonds is 2. The Kier molecular flexibility index (Phi) is 2.67. The topological polar surface area (TPSA) is 70.0 Å². The minimum absolute atomic E-state index is 0.256. The number of nitrogens with two attached hydrogens (primary N) is 1. The van der Waals surface area contributed by atoms with E-state index in [9.17, 15) is 9.59 Å². The van der Waals surface area contributed by atoms with Gasteiger partial charge in [0.15, 0.2) is 0 Å². The summed E-state index contributed by atoms with van der Waals surface area (Å²) in [5.41, 5.74) is 5.34. The zero-order chi connectivity index (χ0) is 10.0. The van der Waals surface area contributed by atoms with Gasteiger partial charge >= 0.3 is 5.69 Å². The summed E-state index contributed by atoms with van der Waals surface area (Å²) in [5, 5.41) is 0. The van der Waals surface area contributed by atoms with Gasteiger partial charge in [-0.2, -0.15) is 0 Å². The maximum Gasteiger partial charge on any atom is 0.330 e. The quantitative estimate of drug-likeness (QED) is 0.612. The second-order valence-corrected chi connectivity index (χ2v) is 2.95. The smallest absolute Gasteiger partial charge is 0.330 e. The van der Waals surface area contributed by atoms with Crippen LogP contribution in [0.3, 0.4) is 0 Å². The molecule has 0 amide bonds. The standard InChI is InChI=1S/C8H13N3O2/c1-10-5-6(3-4-9)7(12)11(2)8(10)13/h5H,3-4,9H2,1-2H3. The van der Waals surface area contributed by atoms with Crippen LogP contribution in [0.1, 0.15) is 5.56 Å². The predicted octanol–water partition coefficient (Wildman–Crippen LogP) is -1.41. The molecule has 1 rings (SSSR count). The second-order valence-electron chi connectivity index (χ2n) is 2.95. The average molecular weight is 183 g/mol. The molecule has 0 unspecified atom stereocenters. The second kappa shape index (κ2) is 3.57. The van der Waals surface area contributed by atoms with Crippen molar-refractivity contribution in [1.82, 2.24) is 9.13 Å². The lowest BCUT2D eigenvalue weighted by molar-refractivity contribution is 0.667. The van der Waals surface area contributed by atoms with Gasteiger partial charge < -0.3 is 10.3 Å². The fraction of sp³-hybridized carbons (Fsp3) is 0.500. The van der Waals surface area contributed by atoms with Crippen molar-refractivity contribution < 1.29 is 0 Å². The van der Waals surface area contributed by atoms with Gasteiger partial charge in [0.1, 0.15) is 0 Å². The first kappa shape index (κ1) is 9.73. The molecule has 2 N–H and O–H groups in total. The van der Waals surface area contributed by atoms with Gasteiger partial charge in [-0.3, -0.25) is 9.36 Å². The Balaban J connectivity index is 3.42. The van der Waals surface area contributed by atoms with Gasteiger partial charge in [-0.25, -0.2) is 4.79 Å². The maximum absolute atomic E-state index is 11.4. The minimum Gasteiger partial charge on any atom is -0.330 e. The third-order valence-corrected chi connectivity index (χ3v) is 1.93. The Morgan fingerprint density at radius 3 is 2.54 bits per heavy atom. The molecule has 0 bridgehead atoms. The maximum atomic E-state index is 11.4. The molecular weight excluding hydrogens is 170 g/mol. The van der Waals surface area contributed by atoms with E-state index in [1.54, 1.807) is 7.05 Å². The van der Waals surface area contributed by atoms with Crippen LogP contribution in [-0.4, -0.2) is 15.7 Å². The normalized spacial score (nSPS) is 10.4. The SMILES string of the molecule is Cn1cc(CCN)c(=O)n(C)c1=O. The highest BCUT2D eigenvalue weighted by atomic mass is 16.2. The molecule has 5 nitrogen and oxygen atoms in total. The molecule has 13 heavy (non-hydrogen) atoms. The van der Waals surface area contributed by atoms with E-state index in [1.165, 1.54) is 17.8 Å². The van der Waals surface area contributed by atoms with Crippen LogP contribution >= 0.6 is 0 Å². The van der Waals surface area contributed by atoms with Crippen LogP contribution in [0, 0.1) is 0 Å². The molecule has 1 heterocycles. The van der Waals surface area contributed by atoms with Crippen molar-refractivity contribution in [3.8, 4) is 0 Å². The van der Waals surface area contributed by atoms with Crippen molar-refractivity contribution in [1.29, 1.82) is 0 Å². The van der Waals surface area contributed by atoms with Crippen LogP contribution in [-0.2, 0) is 20.5 Å². The summed E-state index contributed by atoms with van der Waals surface area (Å²) in [4.78, 5) is 22.7. The lowest BCUT2D eigenvalue weighted by atomic mass is 10.2. The van der Waals surface area contributed by atoms with Gasteiger partial charge in [0, 0.05) is 25.9 Å². The summed E-state index contributed by atoms with van der Waals surface area (Å²) in [5.74, 6) is 0. The van der Waals surface area contributed by atoms with E-state index in [-0.39, 0.29) is 11.2 Å². The lowest BCUT2D eigenvalue weighted by Gasteiger charge is -2.04. The van der Waals surface area contributed by atoms with Crippen LogP contribution in [0.5, 0.6) is 0 Å². The molecule has 0 fully saturated rings. The van der Waals surface area contributed by atoms with Crippen molar-refractivity contribution in [2.45, 2.75) is 6.42 Å². The third-order valence-electron chi connectivity index (χ3n) is 1.93. The van der Waals surface area contributed by atoms with Crippen LogP contribution in [0.2, 0.25) is 0 Å². The lowest BCUT2D eigenvalue weighted by Crippen LogP contribution is -2.38. The van der Waals surface area contributed by atoms with Crippen molar-refractivity contribution in [3.05, 3.63) is 32.6 Å². The molecule has 72 valence electrons. The van der Waals surface area contributed by atoms with Gasteiger partial charge in [0.25, 0.3) is 5.56 Å². The molecule has 1 aromatic heterocycles. The Hall–Kier alpha value is -1.36. The summed E-state index contributed by atoms with van der Waals surface area (Å²) in [6, 6.07) is 0. The molecule has 0 radical (unpaired) electrons. The predicted molar refractivity (Wildman–Crippen MR) is 49.7 cm³/mol. The third kappa shape index (κ3) is 1.70. The van der Waals surface area contributed by atoms with E-state index in [0.717, 1.165) is 4.57 Å². The highest BCUT2D eigenvalue weighted by molar-refractivity contribution is 5.05. The first-order valence-electron chi connectivity index (χ1n) is 4.03. The van der Waals surface area contributed by atoms with E-state index in [1.807, 2.05) is 0 Å². The molecule has 0 saturated carbocycles. The molecule has 1 aromatic rings. The molecule has 0 aliphatic carbocycles. The Morgan fingerprint density at radius 2 is 2.00 bits per heavy atom. The molecule has 0 aliphatic heterocycles. The summed E-state index contributed by atoms with van der Waals surface area (Å²) >= 11 is 0. The highest BCUT2D eigenvalue weighted by Gasteiger charge is 2.04. The zero-order valence-electron chi connectivity index (χ0n) is 7.78. The monoisotopic (exact) mass is 183 g/mol. The summed E-state index contributed by atoms with van der Waals surface area (Å²) < 4.78 is 2.47. The van der Waals surface area contributed by atoms with Crippen LogP contribution in [0.4, 0.5) is 0 Å². The fourth-order valence-electron chi connectivity index (χ4n) is 1.21. The molecule has 0 aromatic carbocycles. The van der Waals surface area contributed by atoms with Crippen LogP contribution in [0.15, 0.2) is 15.8 Å². The van der Waals surface area contributed by atoms with E-state index in [4.69, 9.17) is 5.73 Å². The van der Waals surface area contributed by atoms with E-state index >= 15 is 0 Å². The number of nitrogens with zero attached hydrogens (tertiary/aromatic N) is 2. The van der Waals surface area contributed by atoms with Gasteiger partial charge in [-0.15, -0.1) is 0 Å². The Labute approximate surface area is 75.4 Å². The van der Waals surface area contributed by atoms with Crippen molar-refractivity contribution in [3.63, 3.8) is 0 Å². The van der Waals surface area contributed by atoms with Crippen molar-refractivity contribution in [2.75, 3.05) is 6.54 Å². The number of hydrogen-bond donors (Lipinski definition) is 1. The first-order chi connectivity index (χ1) is 6.07. The Morgan fingerprint density at radius 1 is 1.38 bits per heavy atom. The summed E-state index contributed by atoms with van der Waals surface area (Å²) in [6.45, 7) is 0.410. The van der Waals surface area contributed by atoms with Gasteiger partial charge in [0.2, 0.25) is 0 Å². The van der Waals surface area contributed by atoms with Crippen LogP contribution in [0.25, 0.3) is 0 Å². The van der Waals surface area contributed by atoms with Crippen molar-refractivity contribution in [2.24, 2.45) is 19.8 Å². The average Bonchev–Trinajstić information content (AvgIpc) is 2.11. The molecule has 0 saturated heterocycles. The van der Waals surface area contributed by atoms with Gasteiger partial charge in [0.05, 0.1) is 0 Å². The summed E-state index contributed by atoms with van der Waals surface area (Å²) in [6.07, 6.45) is 2.04. The molecular formula is C8H13N3O2. The molecule has 5 heteroatoms. The minimum atomic E-state index is -0.314. The fourth-order valence-corrected chi connectivity index (χ4v) is 1.21. The first-order valence-corrected chi connectivity index (χ1v) is 4.03. The number of hydrogen-bond acceptors (Lipinski definition) is 3. The van der Waals surface area contributed by atoms with E-state index in [2.05, 4.69) is 0 Å². The molecule has 0 aliphatic rings. The summed E-state index contributed by atoms with van der Waals surface area (Å²) in [7, 11) is 3.08. The van der Waals surface area contributed by atoms with Crippen LogP contribution < -0.4 is 17.0 Å². The van der Waals surface area contributed by atoms with Crippen molar-refractivity contribution >= 4 is 0 Å². The van der Waals surface area contributed by atoms with E-state index in [0.29, 0.717) is 18.5 Å². The largest absolute Gasteiger partial charge is 0.330 e. The molecule has 0 atom stereocenters.